The summed E-state index contributed by atoms with van der Waals surface area (Å²) < 4.78 is 6.90. The third-order valence-electron chi connectivity index (χ3n) is 6.37. The zero-order valence-electron chi connectivity index (χ0n) is 19.3. The first-order valence-corrected chi connectivity index (χ1v) is 11.4. The summed E-state index contributed by atoms with van der Waals surface area (Å²) in [5.74, 6) is 0.729. The number of aromatic nitrogens is 4. The zero-order chi connectivity index (χ0) is 24.4. The Morgan fingerprint density at radius 3 is 2.23 bits per heavy atom. The van der Waals surface area contributed by atoms with Crippen molar-refractivity contribution in [1.82, 2.24) is 34.9 Å². The number of fused-ring (bicyclic) bond motifs is 1. The minimum Gasteiger partial charge on any atom is -0.497 e. The van der Waals surface area contributed by atoms with Crippen LogP contribution >= 0.6 is 0 Å². The predicted octanol–water partition coefficient (Wildman–Crippen LogP) is 1.00. The standard InChI is InChI=1S/C24H25N7O4/c1-35-18-8-6-17(7-9-18)31-21(25-26-27-31)16-28-12-14-29(15-13-28)22(32)10-11-30-23(33)19-4-2-3-5-20(19)24(30)34/h2-9H,10-16H2,1H3. The Bertz CT molecular complexity index is 1210. The maximum atomic E-state index is 12.8. The average molecular weight is 476 g/mol. The Hall–Kier alpha value is -4.12. The van der Waals surface area contributed by atoms with Crippen LogP contribution < -0.4 is 4.74 Å². The van der Waals surface area contributed by atoms with E-state index in [4.69, 9.17) is 4.74 Å². The largest absolute Gasteiger partial charge is 0.497 e. The molecular weight excluding hydrogens is 450 g/mol. The van der Waals surface area contributed by atoms with E-state index in [9.17, 15) is 14.4 Å². The van der Waals surface area contributed by atoms with Gasteiger partial charge in [-0.05, 0) is 46.8 Å². The van der Waals surface area contributed by atoms with Crippen LogP contribution in [0.1, 0.15) is 33.0 Å². The van der Waals surface area contributed by atoms with E-state index in [-0.39, 0.29) is 30.7 Å². The molecule has 11 heteroatoms. The summed E-state index contributed by atoms with van der Waals surface area (Å²) in [5.41, 5.74) is 1.64. The van der Waals surface area contributed by atoms with Gasteiger partial charge in [-0.3, -0.25) is 24.2 Å². The van der Waals surface area contributed by atoms with Crippen molar-refractivity contribution in [1.29, 1.82) is 0 Å². The lowest BCUT2D eigenvalue weighted by Gasteiger charge is -2.34. The van der Waals surface area contributed by atoms with Crippen LogP contribution in [0.2, 0.25) is 0 Å². The van der Waals surface area contributed by atoms with E-state index in [1.165, 1.54) is 0 Å². The van der Waals surface area contributed by atoms with Gasteiger partial charge in [-0.25, -0.2) is 0 Å². The molecule has 0 saturated carbocycles. The Labute approximate surface area is 201 Å². The quantitative estimate of drug-likeness (QED) is 0.465. The van der Waals surface area contributed by atoms with Crippen LogP contribution in [0.5, 0.6) is 5.75 Å². The number of carbonyl (C=O) groups is 3. The first-order valence-electron chi connectivity index (χ1n) is 11.4. The maximum absolute atomic E-state index is 12.8. The smallest absolute Gasteiger partial charge is 0.261 e. The van der Waals surface area contributed by atoms with Gasteiger partial charge in [-0.1, -0.05) is 12.1 Å². The molecule has 0 atom stereocenters. The molecular formula is C24H25N7O4. The molecule has 2 aliphatic rings. The highest BCUT2D eigenvalue weighted by Crippen LogP contribution is 2.23. The third kappa shape index (κ3) is 4.50. The molecule has 0 aliphatic carbocycles. The van der Waals surface area contributed by atoms with Crippen molar-refractivity contribution in [3.63, 3.8) is 0 Å². The summed E-state index contributed by atoms with van der Waals surface area (Å²) in [5, 5.41) is 12.1. The van der Waals surface area contributed by atoms with Crippen molar-refractivity contribution in [3.05, 3.63) is 65.5 Å². The second kappa shape index (κ2) is 9.63. The van der Waals surface area contributed by atoms with E-state index >= 15 is 0 Å². The fourth-order valence-corrected chi connectivity index (χ4v) is 4.39. The fourth-order valence-electron chi connectivity index (χ4n) is 4.39. The van der Waals surface area contributed by atoms with E-state index in [2.05, 4.69) is 20.4 Å². The van der Waals surface area contributed by atoms with Crippen LogP contribution in [-0.2, 0) is 11.3 Å². The predicted molar refractivity (Wildman–Crippen MR) is 124 cm³/mol. The van der Waals surface area contributed by atoms with E-state index in [0.29, 0.717) is 49.7 Å². The molecule has 1 saturated heterocycles. The van der Waals surface area contributed by atoms with Crippen molar-refractivity contribution >= 4 is 17.7 Å². The molecule has 35 heavy (non-hydrogen) atoms. The normalized spacial score (nSPS) is 16.0. The molecule has 0 unspecified atom stereocenters. The van der Waals surface area contributed by atoms with E-state index in [1.807, 2.05) is 24.3 Å². The molecule has 1 fully saturated rings. The van der Waals surface area contributed by atoms with Gasteiger partial charge >= 0.3 is 0 Å². The molecule has 3 amide bonds. The van der Waals surface area contributed by atoms with Crippen molar-refractivity contribution < 1.29 is 19.1 Å². The Kier molecular flexibility index (Phi) is 6.23. The van der Waals surface area contributed by atoms with Gasteiger partial charge in [0.1, 0.15) is 5.75 Å². The third-order valence-corrected chi connectivity index (χ3v) is 6.37. The zero-order valence-corrected chi connectivity index (χ0v) is 19.3. The number of imide groups is 1. The van der Waals surface area contributed by atoms with E-state index in [1.54, 1.807) is 41.0 Å². The number of hydrogen-bond acceptors (Lipinski definition) is 8. The molecule has 0 spiro atoms. The number of piperazine rings is 1. The van der Waals surface area contributed by atoms with E-state index in [0.717, 1.165) is 16.3 Å². The molecule has 3 heterocycles. The lowest BCUT2D eigenvalue weighted by atomic mass is 10.1. The number of tetrazole rings is 1. The topological polar surface area (TPSA) is 114 Å². The number of carbonyl (C=O) groups excluding carboxylic acids is 3. The van der Waals surface area contributed by atoms with Crippen LogP contribution in [-0.4, -0.2) is 92.5 Å². The minimum absolute atomic E-state index is 0.0655. The highest BCUT2D eigenvalue weighted by atomic mass is 16.5. The molecule has 3 aromatic rings. The van der Waals surface area contributed by atoms with Crippen LogP contribution in [0, 0.1) is 0 Å². The van der Waals surface area contributed by atoms with Crippen LogP contribution in [0.15, 0.2) is 48.5 Å². The van der Waals surface area contributed by atoms with Gasteiger partial charge in [0, 0.05) is 39.1 Å². The van der Waals surface area contributed by atoms with Gasteiger partial charge in [0.2, 0.25) is 5.91 Å². The fraction of sp³-hybridized carbons (Fsp3) is 0.333. The number of methoxy groups -OCH3 is 1. The van der Waals surface area contributed by atoms with E-state index < -0.39 is 0 Å². The molecule has 0 radical (unpaired) electrons. The summed E-state index contributed by atoms with van der Waals surface area (Å²) in [4.78, 5) is 42.9. The second-order valence-corrected chi connectivity index (χ2v) is 8.42. The van der Waals surface area contributed by atoms with Crippen LogP contribution in [0.4, 0.5) is 0 Å². The molecule has 11 nitrogen and oxygen atoms in total. The van der Waals surface area contributed by atoms with Crippen LogP contribution in [0.3, 0.4) is 0 Å². The number of rotatable bonds is 7. The molecule has 2 aliphatic heterocycles. The molecule has 0 bridgehead atoms. The van der Waals surface area contributed by atoms with Gasteiger partial charge in [0.15, 0.2) is 5.82 Å². The monoisotopic (exact) mass is 475 g/mol. The number of amides is 3. The summed E-state index contributed by atoms with van der Waals surface area (Å²) in [6.07, 6.45) is 0.112. The first kappa shape index (κ1) is 22.7. The molecule has 1 aromatic heterocycles. The van der Waals surface area contributed by atoms with Crippen molar-refractivity contribution in [2.24, 2.45) is 0 Å². The summed E-state index contributed by atoms with van der Waals surface area (Å²) in [7, 11) is 1.62. The second-order valence-electron chi connectivity index (χ2n) is 8.42. The Balaban J connectivity index is 1.12. The highest BCUT2D eigenvalue weighted by Gasteiger charge is 2.35. The van der Waals surface area contributed by atoms with Crippen LogP contribution in [0.25, 0.3) is 5.69 Å². The minimum atomic E-state index is -0.335. The highest BCUT2D eigenvalue weighted by molar-refractivity contribution is 6.21. The van der Waals surface area contributed by atoms with Gasteiger partial charge < -0.3 is 9.64 Å². The first-order chi connectivity index (χ1) is 17.0. The van der Waals surface area contributed by atoms with Crippen molar-refractivity contribution in [2.75, 3.05) is 39.8 Å². The summed E-state index contributed by atoms with van der Waals surface area (Å²) in [6, 6.07) is 14.2. The Morgan fingerprint density at radius 1 is 0.943 bits per heavy atom. The lowest BCUT2D eigenvalue weighted by molar-refractivity contribution is -0.133. The number of benzene rings is 2. The van der Waals surface area contributed by atoms with Gasteiger partial charge in [-0.15, -0.1) is 5.10 Å². The Morgan fingerprint density at radius 2 is 1.60 bits per heavy atom. The molecule has 0 N–H and O–H groups in total. The van der Waals surface area contributed by atoms with Gasteiger partial charge in [-0.2, -0.15) is 4.68 Å². The molecule has 2 aromatic carbocycles. The summed E-state index contributed by atoms with van der Waals surface area (Å²) >= 11 is 0. The number of ether oxygens (including phenoxy) is 1. The SMILES string of the molecule is COc1ccc(-n2nnnc2CN2CCN(C(=O)CCN3C(=O)c4ccccc4C3=O)CC2)cc1. The molecule has 5 rings (SSSR count). The van der Waals surface area contributed by atoms with Gasteiger partial charge in [0.25, 0.3) is 11.8 Å². The lowest BCUT2D eigenvalue weighted by Crippen LogP contribution is -2.49. The summed E-state index contributed by atoms with van der Waals surface area (Å²) in [6.45, 7) is 3.11. The molecule has 180 valence electrons. The van der Waals surface area contributed by atoms with Crippen molar-refractivity contribution in [2.45, 2.75) is 13.0 Å². The number of hydrogen-bond donors (Lipinski definition) is 0. The average Bonchev–Trinajstić information content (AvgIpc) is 3.45. The maximum Gasteiger partial charge on any atom is 0.261 e. The van der Waals surface area contributed by atoms with Crippen molar-refractivity contribution in [3.8, 4) is 11.4 Å². The number of nitrogens with zero attached hydrogens (tertiary/aromatic N) is 7. The van der Waals surface area contributed by atoms with Gasteiger partial charge in [0.05, 0.1) is 30.5 Å².